The monoisotopic (exact) mass is 309 g/mol. The first-order valence-corrected chi connectivity index (χ1v) is 8.34. The van der Waals surface area contributed by atoms with E-state index in [-0.39, 0.29) is 0 Å². The molecule has 1 aliphatic rings. The molecule has 0 radical (unpaired) electrons. The molecule has 1 fully saturated rings. The molecule has 2 aromatic rings. The van der Waals surface area contributed by atoms with E-state index in [1.165, 1.54) is 31.2 Å². The van der Waals surface area contributed by atoms with Crippen LogP contribution in [0.1, 0.15) is 53.1 Å². The Balaban J connectivity index is 1.68. The molecule has 0 aliphatic heterocycles. The second-order valence-corrected chi connectivity index (χ2v) is 6.29. The first kappa shape index (κ1) is 15.8. The fourth-order valence-corrected chi connectivity index (χ4v) is 3.54. The number of aromatic carboxylic acids is 1. The SMILES string of the molecule is O=C(O)c1cccc(CNC2CCCCC2c2ccccc2)c1. The van der Waals surface area contributed by atoms with Gasteiger partial charge in [0.15, 0.2) is 0 Å². The van der Waals surface area contributed by atoms with Crippen LogP contribution >= 0.6 is 0 Å². The highest BCUT2D eigenvalue weighted by molar-refractivity contribution is 5.87. The zero-order valence-corrected chi connectivity index (χ0v) is 13.2. The first-order chi connectivity index (χ1) is 11.2. The molecule has 0 amide bonds. The van der Waals surface area contributed by atoms with Gasteiger partial charge in [-0.2, -0.15) is 0 Å². The maximum absolute atomic E-state index is 11.1. The maximum Gasteiger partial charge on any atom is 0.335 e. The van der Waals surface area contributed by atoms with E-state index >= 15 is 0 Å². The van der Waals surface area contributed by atoms with Gasteiger partial charge in [-0.05, 0) is 42.0 Å². The van der Waals surface area contributed by atoms with Gasteiger partial charge in [-0.3, -0.25) is 0 Å². The van der Waals surface area contributed by atoms with Crippen molar-refractivity contribution in [2.24, 2.45) is 0 Å². The molecule has 2 unspecified atom stereocenters. The lowest BCUT2D eigenvalue weighted by atomic mass is 9.80. The van der Waals surface area contributed by atoms with Crippen LogP contribution in [0.4, 0.5) is 0 Å². The fourth-order valence-electron chi connectivity index (χ4n) is 3.54. The van der Waals surface area contributed by atoms with Crippen molar-refractivity contribution in [3.8, 4) is 0 Å². The average molecular weight is 309 g/mol. The fraction of sp³-hybridized carbons (Fsp3) is 0.350. The van der Waals surface area contributed by atoms with Crippen molar-refractivity contribution in [3.63, 3.8) is 0 Å². The minimum absolute atomic E-state index is 0.354. The Kier molecular flexibility index (Phi) is 5.09. The Morgan fingerprint density at radius 1 is 1.04 bits per heavy atom. The van der Waals surface area contributed by atoms with Gasteiger partial charge in [0, 0.05) is 12.6 Å². The van der Waals surface area contributed by atoms with Crippen molar-refractivity contribution in [2.75, 3.05) is 0 Å². The summed E-state index contributed by atoms with van der Waals surface area (Å²) in [6.45, 7) is 0.717. The predicted molar refractivity (Wildman–Crippen MR) is 91.7 cm³/mol. The van der Waals surface area contributed by atoms with Gasteiger partial charge in [-0.1, -0.05) is 55.3 Å². The summed E-state index contributed by atoms with van der Waals surface area (Å²) in [5.74, 6) is -0.320. The molecule has 1 saturated carbocycles. The van der Waals surface area contributed by atoms with Gasteiger partial charge in [-0.15, -0.1) is 0 Å². The molecular formula is C20H23NO2. The molecule has 3 rings (SSSR count). The summed E-state index contributed by atoms with van der Waals surface area (Å²) in [6, 6.07) is 18.4. The summed E-state index contributed by atoms with van der Waals surface area (Å²) in [5, 5.41) is 12.8. The van der Waals surface area contributed by atoms with Gasteiger partial charge in [0.1, 0.15) is 0 Å². The summed E-state index contributed by atoms with van der Waals surface area (Å²) in [5.41, 5.74) is 2.79. The van der Waals surface area contributed by atoms with Gasteiger partial charge in [0.25, 0.3) is 0 Å². The minimum Gasteiger partial charge on any atom is -0.478 e. The largest absolute Gasteiger partial charge is 0.478 e. The molecule has 120 valence electrons. The van der Waals surface area contributed by atoms with E-state index in [9.17, 15) is 4.79 Å². The number of rotatable bonds is 5. The van der Waals surface area contributed by atoms with Crippen LogP contribution in [-0.4, -0.2) is 17.1 Å². The molecular weight excluding hydrogens is 286 g/mol. The third kappa shape index (κ3) is 3.99. The van der Waals surface area contributed by atoms with E-state index in [1.807, 2.05) is 12.1 Å². The van der Waals surface area contributed by atoms with E-state index in [2.05, 4.69) is 35.6 Å². The van der Waals surface area contributed by atoms with E-state index in [0.717, 1.165) is 12.1 Å². The highest BCUT2D eigenvalue weighted by Gasteiger charge is 2.25. The van der Waals surface area contributed by atoms with Gasteiger partial charge >= 0.3 is 5.97 Å². The van der Waals surface area contributed by atoms with Crippen LogP contribution in [0, 0.1) is 0 Å². The molecule has 3 nitrogen and oxygen atoms in total. The Labute approximate surface area is 137 Å². The molecule has 0 heterocycles. The summed E-state index contributed by atoms with van der Waals surface area (Å²) >= 11 is 0. The summed E-state index contributed by atoms with van der Waals surface area (Å²) in [6.07, 6.45) is 4.94. The van der Waals surface area contributed by atoms with Crippen molar-refractivity contribution in [3.05, 3.63) is 71.3 Å². The Bertz CT molecular complexity index is 654. The van der Waals surface area contributed by atoms with E-state index in [4.69, 9.17) is 5.11 Å². The number of benzene rings is 2. The third-order valence-corrected chi connectivity index (χ3v) is 4.74. The zero-order valence-electron chi connectivity index (χ0n) is 13.2. The molecule has 0 aromatic heterocycles. The number of carboxylic acids is 1. The van der Waals surface area contributed by atoms with E-state index < -0.39 is 5.97 Å². The predicted octanol–water partition coefficient (Wildman–Crippen LogP) is 4.20. The van der Waals surface area contributed by atoms with Crippen molar-refractivity contribution in [1.82, 2.24) is 5.32 Å². The lowest BCUT2D eigenvalue weighted by molar-refractivity contribution is 0.0696. The first-order valence-electron chi connectivity index (χ1n) is 8.34. The second kappa shape index (κ2) is 7.42. The highest BCUT2D eigenvalue weighted by Crippen LogP contribution is 2.33. The van der Waals surface area contributed by atoms with Gasteiger partial charge in [0.05, 0.1) is 5.56 Å². The third-order valence-electron chi connectivity index (χ3n) is 4.74. The lowest BCUT2D eigenvalue weighted by Gasteiger charge is -2.33. The smallest absolute Gasteiger partial charge is 0.335 e. The van der Waals surface area contributed by atoms with E-state index in [0.29, 0.717) is 17.5 Å². The molecule has 23 heavy (non-hydrogen) atoms. The van der Waals surface area contributed by atoms with Crippen molar-refractivity contribution < 1.29 is 9.90 Å². The normalized spacial score (nSPS) is 21.0. The molecule has 0 bridgehead atoms. The van der Waals surface area contributed by atoms with Crippen LogP contribution < -0.4 is 5.32 Å². The topological polar surface area (TPSA) is 49.3 Å². The molecule has 2 atom stereocenters. The number of carbonyl (C=O) groups is 1. The van der Waals surface area contributed by atoms with Gasteiger partial charge in [0.2, 0.25) is 0 Å². The number of hydrogen-bond donors (Lipinski definition) is 2. The summed E-state index contributed by atoms with van der Waals surface area (Å²) < 4.78 is 0. The minimum atomic E-state index is -0.869. The van der Waals surface area contributed by atoms with Crippen molar-refractivity contribution in [1.29, 1.82) is 0 Å². The van der Waals surface area contributed by atoms with Crippen LogP contribution in [0.2, 0.25) is 0 Å². The number of carboxylic acid groups (broad SMARTS) is 1. The molecule has 0 saturated heterocycles. The van der Waals surface area contributed by atoms with Crippen molar-refractivity contribution in [2.45, 2.75) is 44.2 Å². The highest BCUT2D eigenvalue weighted by atomic mass is 16.4. The number of hydrogen-bond acceptors (Lipinski definition) is 2. The van der Waals surface area contributed by atoms with Crippen LogP contribution in [0.3, 0.4) is 0 Å². The van der Waals surface area contributed by atoms with Crippen molar-refractivity contribution >= 4 is 5.97 Å². The Hall–Kier alpha value is -2.13. The van der Waals surface area contributed by atoms with Gasteiger partial charge < -0.3 is 10.4 Å². The Morgan fingerprint density at radius 2 is 1.83 bits per heavy atom. The van der Waals surface area contributed by atoms with Gasteiger partial charge in [-0.25, -0.2) is 4.79 Å². The quantitative estimate of drug-likeness (QED) is 0.870. The molecule has 1 aliphatic carbocycles. The van der Waals surface area contributed by atoms with Crippen LogP contribution in [-0.2, 0) is 6.54 Å². The van der Waals surface area contributed by atoms with Crippen LogP contribution in [0.25, 0.3) is 0 Å². The molecule has 0 spiro atoms. The maximum atomic E-state index is 11.1. The Morgan fingerprint density at radius 3 is 2.61 bits per heavy atom. The van der Waals surface area contributed by atoms with Crippen LogP contribution in [0.5, 0.6) is 0 Å². The second-order valence-electron chi connectivity index (χ2n) is 6.29. The summed E-state index contributed by atoms with van der Waals surface area (Å²) in [7, 11) is 0. The standard InChI is InChI=1S/C20H23NO2/c22-20(23)17-10-6-7-15(13-17)14-21-19-12-5-4-11-18(19)16-8-2-1-3-9-16/h1-3,6-10,13,18-19,21H,4-5,11-12,14H2,(H,22,23). The molecule has 2 N–H and O–H groups in total. The zero-order chi connectivity index (χ0) is 16.1. The molecule has 2 aromatic carbocycles. The summed E-state index contributed by atoms with van der Waals surface area (Å²) in [4.78, 5) is 11.1. The van der Waals surface area contributed by atoms with Crippen LogP contribution in [0.15, 0.2) is 54.6 Å². The molecule has 3 heteroatoms. The lowest BCUT2D eigenvalue weighted by Crippen LogP contribution is -2.36. The average Bonchev–Trinajstić information content (AvgIpc) is 2.61. The van der Waals surface area contributed by atoms with E-state index in [1.54, 1.807) is 12.1 Å². The number of nitrogens with one attached hydrogen (secondary N) is 1.